The third-order valence-electron chi connectivity index (χ3n) is 8.96. The summed E-state index contributed by atoms with van der Waals surface area (Å²) in [6.45, 7) is 6.25. The molecule has 8 atom stereocenters. The molecule has 3 rings (SSSR count). The van der Waals surface area contributed by atoms with Gasteiger partial charge in [0.05, 0.1) is 6.10 Å². The van der Waals surface area contributed by atoms with E-state index < -0.39 is 11.4 Å². The normalized spacial score (nSPS) is 40.1. The van der Waals surface area contributed by atoms with Gasteiger partial charge in [-0.15, -0.1) is 0 Å². The van der Waals surface area contributed by atoms with Gasteiger partial charge in [0.1, 0.15) is 11.6 Å². The van der Waals surface area contributed by atoms with E-state index in [9.17, 15) is 19.5 Å². The summed E-state index contributed by atoms with van der Waals surface area (Å²) in [5.41, 5.74) is -0.504. The SMILES string of the molecule is CC[C@H]1CC(=O)[C@]2(C)[C@@H]([C@H](C)CCC(=O)O)CC[C@H]2C1C(=O)C[C@H]1CCC[C@@H](O)C1. The summed E-state index contributed by atoms with van der Waals surface area (Å²) in [5.74, 6) is 0.575. The fourth-order valence-corrected chi connectivity index (χ4v) is 7.30. The molecule has 0 aliphatic heterocycles. The van der Waals surface area contributed by atoms with E-state index in [0.29, 0.717) is 30.8 Å². The van der Waals surface area contributed by atoms with Crippen LogP contribution in [0.5, 0.6) is 0 Å². The molecule has 2 N–H and O–H groups in total. The number of carboxylic acid groups (broad SMARTS) is 1. The minimum atomic E-state index is -0.787. The lowest BCUT2D eigenvalue weighted by molar-refractivity contribution is -0.148. The van der Waals surface area contributed by atoms with Crippen molar-refractivity contribution in [1.82, 2.24) is 0 Å². The Balaban J connectivity index is 1.79. The highest BCUT2D eigenvalue weighted by molar-refractivity contribution is 5.91. The van der Waals surface area contributed by atoms with Crippen molar-refractivity contribution < 1.29 is 24.6 Å². The molecule has 0 aromatic heterocycles. The van der Waals surface area contributed by atoms with Crippen molar-refractivity contribution in [3.63, 3.8) is 0 Å². The van der Waals surface area contributed by atoms with Crippen molar-refractivity contribution in [2.24, 2.45) is 40.9 Å². The molecule has 5 nitrogen and oxygen atoms in total. The number of carboxylic acids is 1. The lowest BCUT2D eigenvalue weighted by Crippen LogP contribution is -2.51. The number of carbonyl (C=O) groups is 3. The molecule has 3 saturated carbocycles. The van der Waals surface area contributed by atoms with E-state index in [4.69, 9.17) is 5.11 Å². The quantitative estimate of drug-likeness (QED) is 0.596. The van der Waals surface area contributed by atoms with E-state index in [-0.39, 0.29) is 48.0 Å². The van der Waals surface area contributed by atoms with E-state index in [1.165, 1.54) is 0 Å². The van der Waals surface area contributed by atoms with Gasteiger partial charge in [-0.3, -0.25) is 14.4 Å². The molecule has 0 heterocycles. The second-order valence-electron chi connectivity index (χ2n) is 10.7. The highest BCUT2D eigenvalue weighted by Gasteiger charge is 2.60. The van der Waals surface area contributed by atoms with E-state index >= 15 is 0 Å². The molecule has 3 aliphatic rings. The van der Waals surface area contributed by atoms with E-state index in [0.717, 1.165) is 44.9 Å². The van der Waals surface area contributed by atoms with Gasteiger partial charge in [-0.2, -0.15) is 0 Å². The number of ketones is 2. The van der Waals surface area contributed by atoms with Crippen LogP contribution in [0.4, 0.5) is 0 Å². The van der Waals surface area contributed by atoms with Crippen molar-refractivity contribution in [3.05, 3.63) is 0 Å². The van der Waals surface area contributed by atoms with Gasteiger partial charge in [0.2, 0.25) is 0 Å². The highest BCUT2D eigenvalue weighted by atomic mass is 16.4. The Hall–Kier alpha value is -1.23. The van der Waals surface area contributed by atoms with Crippen LogP contribution in [0.2, 0.25) is 0 Å². The van der Waals surface area contributed by atoms with E-state index in [1.54, 1.807) is 0 Å². The number of aliphatic carboxylic acids is 1. The largest absolute Gasteiger partial charge is 0.481 e. The maximum atomic E-state index is 13.6. The molecule has 5 heteroatoms. The first-order valence-corrected chi connectivity index (χ1v) is 12.1. The van der Waals surface area contributed by atoms with Crippen LogP contribution in [0, 0.1) is 40.9 Å². The molecule has 30 heavy (non-hydrogen) atoms. The van der Waals surface area contributed by atoms with Crippen LogP contribution < -0.4 is 0 Å². The number of fused-ring (bicyclic) bond motifs is 1. The molecular weight excluding hydrogens is 380 g/mol. The Morgan fingerprint density at radius 2 is 1.93 bits per heavy atom. The minimum absolute atomic E-state index is 0.0616. The third kappa shape index (κ3) is 4.51. The minimum Gasteiger partial charge on any atom is -0.481 e. The summed E-state index contributed by atoms with van der Waals surface area (Å²) in [7, 11) is 0. The standard InChI is InChI=1S/C25H40O5/c1-4-17-14-22(28)25(3)19(15(2)8-11-23(29)30)9-10-20(25)24(17)21(27)13-16-6-5-7-18(26)12-16/h15-20,24,26H,4-14H2,1-3H3,(H,29,30)/t15-,16+,17+,18-,19-,20+,24?,25-/m1/s1. The molecule has 0 bridgehead atoms. The molecule has 1 unspecified atom stereocenters. The van der Waals surface area contributed by atoms with Crippen LogP contribution in [0.1, 0.15) is 91.4 Å². The molecule has 0 saturated heterocycles. The number of hydrogen-bond donors (Lipinski definition) is 2. The molecule has 0 aromatic rings. The van der Waals surface area contributed by atoms with Gasteiger partial charge in [-0.05, 0) is 68.1 Å². The highest BCUT2D eigenvalue weighted by Crippen LogP contribution is 2.60. The van der Waals surface area contributed by atoms with Gasteiger partial charge >= 0.3 is 5.97 Å². The molecule has 3 aliphatic carbocycles. The van der Waals surface area contributed by atoms with Gasteiger partial charge in [-0.1, -0.05) is 33.6 Å². The van der Waals surface area contributed by atoms with Gasteiger partial charge < -0.3 is 10.2 Å². The second-order valence-corrected chi connectivity index (χ2v) is 10.7. The van der Waals surface area contributed by atoms with Crippen molar-refractivity contribution >= 4 is 17.5 Å². The molecule has 0 spiro atoms. The summed E-state index contributed by atoms with van der Waals surface area (Å²) in [5, 5.41) is 19.1. The maximum absolute atomic E-state index is 13.6. The third-order valence-corrected chi connectivity index (χ3v) is 8.96. The van der Waals surface area contributed by atoms with Crippen LogP contribution in [0.3, 0.4) is 0 Å². The van der Waals surface area contributed by atoms with Crippen LogP contribution in [0.15, 0.2) is 0 Å². The first-order valence-electron chi connectivity index (χ1n) is 12.1. The second kappa shape index (κ2) is 9.50. The number of aliphatic hydroxyl groups is 1. The van der Waals surface area contributed by atoms with Crippen molar-refractivity contribution in [3.8, 4) is 0 Å². The number of hydrogen-bond acceptors (Lipinski definition) is 4. The first-order chi connectivity index (χ1) is 14.2. The molecular formula is C25H40O5. The van der Waals surface area contributed by atoms with Gasteiger partial charge in [0.25, 0.3) is 0 Å². The Kier molecular flexibility index (Phi) is 7.42. The number of rotatable bonds is 8. The van der Waals surface area contributed by atoms with Crippen molar-refractivity contribution in [1.29, 1.82) is 0 Å². The summed E-state index contributed by atoms with van der Waals surface area (Å²) < 4.78 is 0. The van der Waals surface area contributed by atoms with Crippen LogP contribution in [-0.2, 0) is 14.4 Å². The summed E-state index contributed by atoms with van der Waals surface area (Å²) in [6.07, 6.45) is 7.70. The van der Waals surface area contributed by atoms with E-state index in [1.807, 2.05) is 0 Å². The maximum Gasteiger partial charge on any atom is 0.303 e. The van der Waals surface area contributed by atoms with Crippen LogP contribution in [0.25, 0.3) is 0 Å². The van der Waals surface area contributed by atoms with Gasteiger partial charge in [-0.25, -0.2) is 0 Å². The predicted octanol–water partition coefficient (Wildman–Crippen LogP) is 4.65. The van der Waals surface area contributed by atoms with Gasteiger partial charge in [0, 0.05) is 30.6 Å². The zero-order valence-electron chi connectivity index (χ0n) is 18.9. The molecule has 3 fully saturated rings. The van der Waals surface area contributed by atoms with Crippen LogP contribution >= 0.6 is 0 Å². The molecule has 0 aromatic carbocycles. The zero-order chi connectivity index (χ0) is 22.1. The predicted molar refractivity (Wildman–Crippen MR) is 115 cm³/mol. The monoisotopic (exact) mass is 420 g/mol. The first kappa shape index (κ1) is 23.4. The Labute approximate surface area is 181 Å². The molecule has 0 radical (unpaired) electrons. The number of Topliss-reactive ketones (excluding diaryl/α,β-unsaturated/α-hetero) is 2. The average Bonchev–Trinajstić information content (AvgIpc) is 3.04. The Bertz CT molecular complexity index is 658. The van der Waals surface area contributed by atoms with Crippen LogP contribution in [-0.4, -0.2) is 33.9 Å². The summed E-state index contributed by atoms with van der Waals surface area (Å²) in [4.78, 5) is 38.0. The summed E-state index contributed by atoms with van der Waals surface area (Å²) in [6, 6.07) is 0. The van der Waals surface area contributed by atoms with E-state index in [2.05, 4.69) is 20.8 Å². The Morgan fingerprint density at radius 3 is 2.57 bits per heavy atom. The number of carbonyl (C=O) groups excluding carboxylic acids is 2. The molecule has 170 valence electrons. The fraction of sp³-hybridized carbons (Fsp3) is 0.880. The summed E-state index contributed by atoms with van der Waals surface area (Å²) >= 11 is 0. The number of aliphatic hydroxyl groups excluding tert-OH is 1. The lowest BCUT2D eigenvalue weighted by atomic mass is 9.54. The average molecular weight is 421 g/mol. The smallest absolute Gasteiger partial charge is 0.303 e. The van der Waals surface area contributed by atoms with Gasteiger partial charge in [0.15, 0.2) is 0 Å². The lowest BCUT2D eigenvalue weighted by Gasteiger charge is -2.48. The Morgan fingerprint density at radius 1 is 1.20 bits per heavy atom. The van der Waals surface area contributed by atoms with Crippen molar-refractivity contribution in [2.45, 2.75) is 97.5 Å². The van der Waals surface area contributed by atoms with Crippen molar-refractivity contribution in [2.75, 3.05) is 0 Å². The fourth-order valence-electron chi connectivity index (χ4n) is 7.30. The molecule has 0 amide bonds. The topological polar surface area (TPSA) is 91.7 Å². The zero-order valence-corrected chi connectivity index (χ0v) is 18.9.